The van der Waals surface area contributed by atoms with Crippen LogP contribution < -0.4 is 10.1 Å². The molecule has 3 N–H and O–H groups in total. The van der Waals surface area contributed by atoms with Gasteiger partial charge in [0.25, 0.3) is 0 Å². The van der Waals surface area contributed by atoms with Gasteiger partial charge in [0.15, 0.2) is 5.78 Å². The summed E-state index contributed by atoms with van der Waals surface area (Å²) in [6, 6.07) is 13.1. The van der Waals surface area contributed by atoms with E-state index in [1.807, 2.05) is 0 Å². The van der Waals surface area contributed by atoms with E-state index >= 15 is 0 Å². The lowest BCUT2D eigenvalue weighted by molar-refractivity contribution is -0.131. The molecule has 2 aromatic rings. The standard InChI is InChI=1S/C22H23NO7/c1-15(25)16-8-10-18(11-9-16)23-22(28)30-20(6-3-7-21(26)27)17-4-2-5-19(14-17)29-13-12-24/h2-5,7-11,14,20,24H,6,12-13H2,1H3,(H,23,28)(H,26,27)/b7-3+/t20-/m1/s1. The fourth-order valence-corrected chi connectivity index (χ4v) is 2.58. The number of hydrogen-bond acceptors (Lipinski definition) is 6. The Bertz CT molecular complexity index is 906. The molecule has 0 fully saturated rings. The first kappa shape index (κ1) is 22.6. The van der Waals surface area contributed by atoms with Crippen molar-refractivity contribution in [2.45, 2.75) is 19.4 Å². The average Bonchev–Trinajstić information content (AvgIpc) is 2.72. The molecule has 0 radical (unpaired) electrons. The van der Waals surface area contributed by atoms with Crippen molar-refractivity contribution >= 4 is 23.5 Å². The van der Waals surface area contributed by atoms with E-state index in [0.717, 1.165) is 6.08 Å². The van der Waals surface area contributed by atoms with Gasteiger partial charge in [0.2, 0.25) is 0 Å². The Morgan fingerprint density at radius 3 is 2.50 bits per heavy atom. The van der Waals surface area contributed by atoms with E-state index in [4.69, 9.17) is 19.7 Å². The van der Waals surface area contributed by atoms with Crippen LogP contribution in [0, 0.1) is 0 Å². The van der Waals surface area contributed by atoms with E-state index in [0.29, 0.717) is 22.6 Å². The molecule has 0 saturated carbocycles. The molecule has 0 aliphatic heterocycles. The predicted molar refractivity (Wildman–Crippen MR) is 110 cm³/mol. The minimum Gasteiger partial charge on any atom is -0.491 e. The topological polar surface area (TPSA) is 122 Å². The molecular formula is C22H23NO7. The molecule has 2 aromatic carbocycles. The van der Waals surface area contributed by atoms with Crippen molar-refractivity contribution in [2.24, 2.45) is 0 Å². The minimum atomic E-state index is -1.11. The smallest absolute Gasteiger partial charge is 0.412 e. The van der Waals surface area contributed by atoms with Crippen LogP contribution >= 0.6 is 0 Å². The van der Waals surface area contributed by atoms with Gasteiger partial charge in [-0.2, -0.15) is 0 Å². The van der Waals surface area contributed by atoms with E-state index in [1.165, 1.54) is 13.0 Å². The number of Topliss-reactive ketones (excluding diaryl/α,β-unsaturated/α-hetero) is 1. The largest absolute Gasteiger partial charge is 0.491 e. The highest BCUT2D eigenvalue weighted by atomic mass is 16.6. The second-order valence-corrected chi connectivity index (χ2v) is 6.27. The number of carbonyl (C=O) groups is 3. The molecular weight excluding hydrogens is 390 g/mol. The van der Waals surface area contributed by atoms with Crippen LogP contribution in [0.25, 0.3) is 0 Å². The lowest BCUT2D eigenvalue weighted by atomic mass is 10.1. The lowest BCUT2D eigenvalue weighted by Gasteiger charge is -2.18. The second-order valence-electron chi connectivity index (χ2n) is 6.27. The SMILES string of the molecule is CC(=O)c1ccc(NC(=O)O[C@H](C/C=C/C(=O)O)c2cccc(OCCO)c2)cc1. The highest BCUT2D eigenvalue weighted by Gasteiger charge is 2.17. The molecule has 0 saturated heterocycles. The number of benzene rings is 2. The first-order valence-electron chi connectivity index (χ1n) is 9.20. The quantitative estimate of drug-likeness (QED) is 0.402. The summed E-state index contributed by atoms with van der Waals surface area (Å²) in [5.41, 5.74) is 1.57. The Balaban J connectivity index is 2.13. The second kappa shape index (κ2) is 11.4. The molecule has 0 heterocycles. The number of carboxylic acid groups (broad SMARTS) is 1. The van der Waals surface area contributed by atoms with Crippen LogP contribution in [-0.2, 0) is 9.53 Å². The summed E-state index contributed by atoms with van der Waals surface area (Å²) in [6.45, 7) is 1.42. The van der Waals surface area contributed by atoms with Gasteiger partial charge in [-0.1, -0.05) is 18.2 Å². The predicted octanol–water partition coefficient (Wildman–Crippen LogP) is 3.58. The Morgan fingerprint density at radius 1 is 1.13 bits per heavy atom. The van der Waals surface area contributed by atoms with Gasteiger partial charge >= 0.3 is 12.1 Å². The fourth-order valence-electron chi connectivity index (χ4n) is 2.58. The number of carboxylic acids is 1. The van der Waals surface area contributed by atoms with Gasteiger partial charge in [-0.15, -0.1) is 0 Å². The maximum atomic E-state index is 12.4. The first-order chi connectivity index (χ1) is 14.4. The monoisotopic (exact) mass is 413 g/mol. The normalized spacial score (nSPS) is 11.7. The van der Waals surface area contributed by atoms with Crippen molar-refractivity contribution < 1.29 is 34.1 Å². The van der Waals surface area contributed by atoms with Crippen LogP contribution in [0.1, 0.15) is 35.4 Å². The van der Waals surface area contributed by atoms with Crippen LogP contribution in [0.4, 0.5) is 10.5 Å². The Kier molecular flexibility index (Phi) is 8.58. The molecule has 0 bridgehead atoms. The summed E-state index contributed by atoms with van der Waals surface area (Å²) in [6.07, 6.45) is 0.993. The molecule has 2 rings (SSSR count). The van der Waals surface area contributed by atoms with Gasteiger partial charge < -0.3 is 19.7 Å². The molecule has 8 heteroatoms. The summed E-state index contributed by atoms with van der Waals surface area (Å²) < 4.78 is 10.9. The lowest BCUT2D eigenvalue weighted by Crippen LogP contribution is -2.17. The number of ether oxygens (including phenoxy) is 2. The third-order valence-corrected chi connectivity index (χ3v) is 3.99. The van der Waals surface area contributed by atoms with Gasteiger partial charge in [-0.05, 0) is 48.9 Å². The van der Waals surface area contributed by atoms with Crippen molar-refractivity contribution in [1.29, 1.82) is 0 Å². The maximum absolute atomic E-state index is 12.4. The molecule has 158 valence electrons. The molecule has 8 nitrogen and oxygen atoms in total. The number of carbonyl (C=O) groups excluding carboxylic acids is 2. The maximum Gasteiger partial charge on any atom is 0.412 e. The zero-order chi connectivity index (χ0) is 21.9. The highest BCUT2D eigenvalue weighted by Crippen LogP contribution is 2.26. The average molecular weight is 413 g/mol. The molecule has 0 aromatic heterocycles. The molecule has 0 spiro atoms. The number of ketones is 1. The molecule has 0 aliphatic carbocycles. The molecule has 1 atom stereocenters. The molecule has 0 unspecified atom stereocenters. The molecule has 30 heavy (non-hydrogen) atoms. The van der Waals surface area contributed by atoms with Crippen LogP contribution in [0.3, 0.4) is 0 Å². The van der Waals surface area contributed by atoms with E-state index < -0.39 is 18.2 Å². The number of hydrogen-bond donors (Lipinski definition) is 3. The zero-order valence-electron chi connectivity index (χ0n) is 16.4. The number of aliphatic carboxylic acids is 1. The third kappa shape index (κ3) is 7.40. The minimum absolute atomic E-state index is 0.0855. The Morgan fingerprint density at radius 2 is 1.87 bits per heavy atom. The molecule has 0 aliphatic rings. The van der Waals surface area contributed by atoms with E-state index in [2.05, 4.69) is 5.32 Å². The van der Waals surface area contributed by atoms with Crippen LogP contribution in [0.2, 0.25) is 0 Å². The van der Waals surface area contributed by atoms with Crippen LogP contribution in [0.5, 0.6) is 5.75 Å². The summed E-state index contributed by atoms with van der Waals surface area (Å²) in [5.74, 6) is -0.709. The van der Waals surface area contributed by atoms with Crippen LogP contribution in [0.15, 0.2) is 60.7 Å². The van der Waals surface area contributed by atoms with E-state index in [1.54, 1.807) is 48.5 Å². The van der Waals surface area contributed by atoms with Crippen molar-refractivity contribution in [3.8, 4) is 5.75 Å². The van der Waals surface area contributed by atoms with Crippen molar-refractivity contribution in [1.82, 2.24) is 0 Å². The third-order valence-electron chi connectivity index (χ3n) is 3.99. The van der Waals surface area contributed by atoms with E-state index in [-0.39, 0.29) is 25.4 Å². The summed E-state index contributed by atoms with van der Waals surface area (Å²) in [7, 11) is 0. The van der Waals surface area contributed by atoms with Gasteiger partial charge in [-0.25, -0.2) is 9.59 Å². The number of anilines is 1. The number of rotatable bonds is 10. The fraction of sp³-hybridized carbons (Fsp3) is 0.227. The first-order valence-corrected chi connectivity index (χ1v) is 9.20. The number of nitrogens with one attached hydrogen (secondary N) is 1. The summed E-state index contributed by atoms with van der Waals surface area (Å²) in [5, 5.41) is 20.3. The van der Waals surface area contributed by atoms with Gasteiger partial charge in [0.1, 0.15) is 18.5 Å². The van der Waals surface area contributed by atoms with Crippen molar-refractivity contribution in [3.63, 3.8) is 0 Å². The highest BCUT2D eigenvalue weighted by molar-refractivity contribution is 5.95. The van der Waals surface area contributed by atoms with Crippen LogP contribution in [-0.4, -0.2) is 41.3 Å². The molecule has 1 amide bonds. The van der Waals surface area contributed by atoms with E-state index in [9.17, 15) is 14.4 Å². The van der Waals surface area contributed by atoms with Crippen molar-refractivity contribution in [2.75, 3.05) is 18.5 Å². The Hall–Kier alpha value is -3.65. The van der Waals surface area contributed by atoms with Crippen molar-refractivity contribution in [3.05, 3.63) is 71.8 Å². The van der Waals surface area contributed by atoms with Gasteiger partial charge in [0.05, 0.1) is 6.61 Å². The van der Waals surface area contributed by atoms with Gasteiger partial charge in [-0.3, -0.25) is 10.1 Å². The van der Waals surface area contributed by atoms with Gasteiger partial charge in [0, 0.05) is 23.7 Å². The summed E-state index contributed by atoms with van der Waals surface area (Å²) >= 11 is 0. The number of aliphatic hydroxyl groups is 1. The number of amides is 1. The number of aliphatic hydroxyl groups excluding tert-OH is 1. The zero-order valence-corrected chi connectivity index (χ0v) is 16.4. The summed E-state index contributed by atoms with van der Waals surface area (Å²) in [4.78, 5) is 34.5. The Labute approximate surface area is 173 Å².